The first kappa shape index (κ1) is 59.0. The second-order valence-corrected chi connectivity index (χ2v) is 18.9. The Morgan fingerprint density at radius 1 is 0.636 bits per heavy atom. The minimum atomic E-state index is -1.20. The zero-order chi connectivity index (χ0) is 54.9. The van der Waals surface area contributed by atoms with Crippen molar-refractivity contribution in [3.05, 3.63) is 152 Å². The molecule has 0 aliphatic heterocycles. The van der Waals surface area contributed by atoms with Crippen LogP contribution < -0.4 is 0 Å². The number of halogens is 2. The van der Waals surface area contributed by atoms with Crippen LogP contribution in [-0.2, 0) is 22.4 Å². The van der Waals surface area contributed by atoms with E-state index in [1.54, 1.807) is 49.1 Å². The molecule has 0 amide bonds. The topological polar surface area (TPSA) is 269 Å². The number of allylic oxidation sites excluding steroid dienone is 8. The maximum absolute atomic E-state index is 13.3. The average molecular weight is 1130 g/mol. The number of Topliss-reactive ketones (excluding diaryl/α,β-unsaturated/α-hetero) is 1. The zero-order valence-corrected chi connectivity index (χ0v) is 44.8. The summed E-state index contributed by atoms with van der Waals surface area (Å²) in [5, 5.41) is 44.8. The number of nitrogens with zero attached hydrogens (tertiary/aromatic N) is 6. The van der Waals surface area contributed by atoms with E-state index < -0.39 is 25.0 Å². The number of aromatic nitrogens is 6. The molecule has 3 N–H and O–H groups in total. The Balaban J connectivity index is 0.000000166. The van der Waals surface area contributed by atoms with Crippen molar-refractivity contribution in [1.82, 2.24) is 30.4 Å². The van der Waals surface area contributed by atoms with Crippen molar-refractivity contribution in [2.75, 3.05) is 13.2 Å². The summed E-state index contributed by atoms with van der Waals surface area (Å²) in [5.74, 6) is -0.325. The molecule has 0 fully saturated rings. The number of esters is 2. The third kappa shape index (κ3) is 19.3. The lowest BCUT2D eigenvalue weighted by Crippen LogP contribution is -2.16. The van der Waals surface area contributed by atoms with Gasteiger partial charge in [-0.05, 0) is 178 Å². The van der Waals surface area contributed by atoms with Gasteiger partial charge in [0.2, 0.25) is 4.67 Å². The van der Waals surface area contributed by atoms with E-state index in [9.17, 15) is 23.6 Å². The van der Waals surface area contributed by atoms with Gasteiger partial charge in [-0.25, -0.2) is 18.8 Å². The molecule has 0 radical (unpaired) electrons. The molecule has 5 aromatic heterocycles. The van der Waals surface area contributed by atoms with Gasteiger partial charge in [-0.1, -0.05) is 57.1 Å². The maximum atomic E-state index is 13.3. The fourth-order valence-corrected chi connectivity index (χ4v) is 8.62. The SMILES string of the molecule is CCOC(=O)c1cc(Br)on1.CCOC(=O)c1cc(C2=CCCCC2)on1.O=C(Cc1cnn(Cc2cccc(F)c2)c1)c1cc(C2=CCCCC2)on1.O=C(O)c1cc(C2=CCCCC2)on1.OB(O)C1=CCCCC1. The molecule has 6 aromatic rings. The minimum absolute atomic E-state index is 0.0218. The molecule has 0 saturated heterocycles. The van der Waals surface area contributed by atoms with Crippen molar-refractivity contribution >= 4 is 63.5 Å². The summed E-state index contributed by atoms with van der Waals surface area (Å²) in [6.07, 6.45) is 29.3. The average Bonchev–Trinajstić information content (AvgIpc) is 4.33. The number of carboxylic acids is 1. The van der Waals surface area contributed by atoms with Crippen LogP contribution in [0.15, 0.2) is 113 Å². The molecular formula is C55H63BBrFN6O13. The molecule has 0 spiro atoms. The number of hydrogen-bond acceptors (Lipinski definition) is 17. The van der Waals surface area contributed by atoms with E-state index in [4.69, 9.17) is 33.5 Å². The standard InChI is InChI=1S/C21H20FN3O2.C12H15NO3.C10H11NO3.C6H11BO2.C6H6BrNO3/c22-18-8-4-5-15(9-18)13-25-14-16(12-23-25)10-20(26)19-11-21(27-24-19)17-6-2-1-3-7-17;1-2-15-12(14)10-8-11(16-13-10)9-6-4-3-5-7-9;12-10(13)8-6-9(14-11-8)7-4-2-1-3-5-7;8-7(9)6-4-2-1-3-5-6;1-2-10-6(9)4-3-5(7)11-8-4/h4-6,8-9,11-12,14H,1-3,7,10,13H2;6,8H,2-5,7H2,1H3;4,6H,1-3,5H2,(H,12,13);4,8-9H,1-3,5H2;3H,2H2,1H3. The van der Waals surface area contributed by atoms with Crippen LogP contribution in [0.1, 0.15) is 187 Å². The fraction of sp³-hybridized carbons (Fsp3) is 0.400. The fourth-order valence-electron chi connectivity index (χ4n) is 8.33. The van der Waals surface area contributed by atoms with Crippen molar-refractivity contribution < 1.29 is 66.3 Å². The summed E-state index contributed by atoms with van der Waals surface area (Å²) in [7, 11) is -1.20. The second kappa shape index (κ2) is 31.1. The number of carbonyl (C=O) groups excluding carboxylic acids is 3. The highest BCUT2D eigenvalue weighted by atomic mass is 79.9. The van der Waals surface area contributed by atoms with E-state index >= 15 is 0 Å². The van der Waals surface area contributed by atoms with Crippen LogP contribution in [0, 0.1) is 5.82 Å². The Labute approximate surface area is 453 Å². The summed E-state index contributed by atoms with van der Waals surface area (Å²) in [4.78, 5) is 45.3. The summed E-state index contributed by atoms with van der Waals surface area (Å²) in [6, 6.07) is 12.7. The number of benzene rings is 1. The van der Waals surface area contributed by atoms with Crippen molar-refractivity contribution in [2.45, 2.75) is 130 Å². The molecule has 4 aliphatic rings. The Kier molecular flexibility index (Phi) is 23.8. The molecular weight excluding hydrogens is 1060 g/mol. The van der Waals surface area contributed by atoms with Gasteiger partial charge in [0.05, 0.1) is 26.0 Å². The van der Waals surface area contributed by atoms with E-state index in [2.05, 4.69) is 69.1 Å². The highest BCUT2D eigenvalue weighted by molar-refractivity contribution is 9.10. The first-order valence-corrected chi connectivity index (χ1v) is 26.6. The minimum Gasteiger partial charge on any atom is -0.476 e. The predicted octanol–water partition coefficient (Wildman–Crippen LogP) is 11.7. The number of rotatable bonds is 14. The van der Waals surface area contributed by atoms with E-state index in [1.165, 1.54) is 56.4 Å². The van der Waals surface area contributed by atoms with Crippen LogP contribution in [-0.4, -0.2) is 89.6 Å². The van der Waals surface area contributed by atoms with Gasteiger partial charge in [-0.2, -0.15) is 5.10 Å². The molecule has 0 bridgehead atoms. The van der Waals surface area contributed by atoms with Crippen molar-refractivity contribution in [2.24, 2.45) is 0 Å². The van der Waals surface area contributed by atoms with Crippen LogP contribution >= 0.6 is 15.9 Å². The molecule has 5 heterocycles. The predicted molar refractivity (Wildman–Crippen MR) is 284 cm³/mol. The summed E-state index contributed by atoms with van der Waals surface area (Å²) < 4.78 is 45.0. The van der Waals surface area contributed by atoms with Gasteiger partial charge >= 0.3 is 25.0 Å². The van der Waals surface area contributed by atoms with Gasteiger partial charge in [-0.3, -0.25) is 9.48 Å². The number of carboxylic acid groups (broad SMARTS) is 1. The number of hydrogen-bond donors (Lipinski definition) is 3. The molecule has 408 valence electrons. The lowest BCUT2D eigenvalue weighted by Gasteiger charge is -2.10. The van der Waals surface area contributed by atoms with E-state index in [-0.39, 0.29) is 35.1 Å². The number of ether oxygens (including phenoxy) is 2. The molecule has 0 atom stereocenters. The molecule has 4 aliphatic carbocycles. The third-order valence-electron chi connectivity index (χ3n) is 12.3. The van der Waals surface area contributed by atoms with Crippen LogP contribution in [0.2, 0.25) is 0 Å². The molecule has 22 heteroatoms. The van der Waals surface area contributed by atoms with E-state index in [1.807, 2.05) is 12.1 Å². The highest BCUT2D eigenvalue weighted by Crippen LogP contribution is 2.30. The largest absolute Gasteiger partial charge is 0.483 e. The summed E-state index contributed by atoms with van der Waals surface area (Å²) in [5.41, 5.74) is 6.51. The number of aromatic carboxylic acids is 1. The second-order valence-electron chi connectivity index (χ2n) is 18.1. The zero-order valence-electron chi connectivity index (χ0n) is 43.2. The van der Waals surface area contributed by atoms with Crippen LogP contribution in [0.25, 0.3) is 16.7 Å². The first-order valence-electron chi connectivity index (χ1n) is 25.8. The van der Waals surface area contributed by atoms with Crippen molar-refractivity contribution in [3.63, 3.8) is 0 Å². The highest BCUT2D eigenvalue weighted by Gasteiger charge is 2.20. The summed E-state index contributed by atoms with van der Waals surface area (Å²) >= 11 is 3.01. The van der Waals surface area contributed by atoms with Gasteiger partial charge in [0.15, 0.2) is 45.8 Å². The van der Waals surface area contributed by atoms with Crippen LogP contribution in [0.4, 0.5) is 4.39 Å². The molecule has 0 unspecified atom stereocenters. The Bertz CT molecular complexity index is 3000. The van der Waals surface area contributed by atoms with E-state index in [0.29, 0.717) is 47.4 Å². The van der Waals surface area contributed by atoms with Gasteiger partial charge < -0.3 is 42.7 Å². The Hall–Kier alpha value is -7.30. The normalized spacial score (nSPS) is 14.8. The van der Waals surface area contributed by atoms with Crippen LogP contribution in [0.5, 0.6) is 0 Å². The first-order chi connectivity index (χ1) is 37.3. The lowest BCUT2D eigenvalue weighted by molar-refractivity contribution is 0.0505. The smallest absolute Gasteiger partial charge is 0.476 e. The Morgan fingerprint density at radius 3 is 1.57 bits per heavy atom. The molecule has 19 nitrogen and oxygen atoms in total. The molecule has 77 heavy (non-hydrogen) atoms. The van der Waals surface area contributed by atoms with Gasteiger partial charge in [0.25, 0.3) is 0 Å². The van der Waals surface area contributed by atoms with E-state index in [0.717, 1.165) is 104 Å². The summed E-state index contributed by atoms with van der Waals surface area (Å²) in [6.45, 7) is 4.64. The monoisotopic (exact) mass is 1120 g/mol. The maximum Gasteiger partial charge on any atom is 0.483 e. The van der Waals surface area contributed by atoms with Gasteiger partial charge in [-0.15, -0.1) is 0 Å². The third-order valence-corrected chi connectivity index (χ3v) is 12.6. The molecule has 1 aromatic carbocycles. The number of ketones is 1. The van der Waals surface area contributed by atoms with Crippen molar-refractivity contribution in [3.8, 4) is 0 Å². The quantitative estimate of drug-likeness (QED) is 0.0519. The Morgan fingerprint density at radius 2 is 1.13 bits per heavy atom. The van der Waals surface area contributed by atoms with Gasteiger partial charge in [0, 0.05) is 36.9 Å². The molecule has 0 saturated carbocycles. The number of carbonyl (C=O) groups is 4. The molecule has 10 rings (SSSR count). The van der Waals surface area contributed by atoms with Crippen molar-refractivity contribution in [1.29, 1.82) is 0 Å². The lowest BCUT2D eigenvalue weighted by atomic mass is 9.74. The van der Waals surface area contributed by atoms with Crippen LogP contribution in [0.3, 0.4) is 0 Å². The van der Waals surface area contributed by atoms with Gasteiger partial charge in [0.1, 0.15) is 5.82 Å².